The quantitative estimate of drug-likeness (QED) is 0.751. The minimum atomic E-state index is -1.05. The maximum absolute atomic E-state index is 12.8. The first-order chi connectivity index (χ1) is 11.6. The van der Waals surface area contributed by atoms with Crippen LogP contribution in [0.1, 0.15) is 10.4 Å². The monoisotopic (exact) mass is 334 g/mol. The van der Waals surface area contributed by atoms with Gasteiger partial charge in [0.15, 0.2) is 0 Å². The second kappa shape index (κ2) is 8.47. The normalized spacial score (nSPS) is 10.9. The molecule has 1 heterocycles. The number of carbonyl (C=O) groups is 2. The molecule has 2 rings (SSSR count). The Bertz CT molecular complexity index is 710. The molecule has 7 heteroatoms. The van der Waals surface area contributed by atoms with Crippen LogP contribution >= 0.6 is 0 Å². The Kier molecular flexibility index (Phi) is 6.34. The molecule has 24 heavy (non-hydrogen) atoms. The molecule has 0 saturated heterocycles. The van der Waals surface area contributed by atoms with Gasteiger partial charge in [-0.05, 0) is 6.07 Å². The van der Waals surface area contributed by atoms with E-state index in [2.05, 4.69) is 0 Å². The molecule has 0 bridgehead atoms. The van der Waals surface area contributed by atoms with Gasteiger partial charge in [-0.15, -0.1) is 0 Å². The highest BCUT2D eigenvalue weighted by molar-refractivity contribution is 6.07. The molecule has 0 aliphatic rings. The van der Waals surface area contributed by atoms with Crippen LogP contribution < -0.4 is 0 Å². The van der Waals surface area contributed by atoms with Crippen LogP contribution in [-0.2, 0) is 20.8 Å². The van der Waals surface area contributed by atoms with E-state index >= 15 is 0 Å². The van der Waals surface area contributed by atoms with Crippen molar-refractivity contribution in [3.63, 3.8) is 0 Å². The molecule has 1 aromatic heterocycles. The number of nitrogens with zero attached hydrogens (tertiary/aromatic N) is 2. The lowest BCUT2D eigenvalue weighted by Crippen LogP contribution is -2.37. The van der Waals surface area contributed by atoms with Crippen LogP contribution in [0.15, 0.2) is 30.5 Å². The largest absolute Gasteiger partial charge is 0.480 e. The van der Waals surface area contributed by atoms with Gasteiger partial charge in [0.2, 0.25) is 0 Å². The Labute approximate surface area is 140 Å². The summed E-state index contributed by atoms with van der Waals surface area (Å²) in [5, 5.41) is 9.85. The number of carbonyl (C=O) groups excluding carboxylic acids is 1. The van der Waals surface area contributed by atoms with Crippen molar-refractivity contribution < 1.29 is 24.2 Å². The number of carboxylic acid groups (broad SMARTS) is 1. The number of methoxy groups -OCH3 is 2. The van der Waals surface area contributed by atoms with Gasteiger partial charge < -0.3 is 24.0 Å². The molecule has 0 saturated carbocycles. The SMILES string of the molecule is COCCN(CC(=O)O)C(=O)c1cn(CCOC)c2ccccc12. The zero-order valence-electron chi connectivity index (χ0n) is 13.9. The first kappa shape index (κ1) is 18.0. The Morgan fingerprint density at radius 1 is 1.17 bits per heavy atom. The summed E-state index contributed by atoms with van der Waals surface area (Å²) < 4.78 is 12.0. The number of carboxylic acids is 1. The summed E-state index contributed by atoms with van der Waals surface area (Å²) in [6, 6.07) is 7.55. The molecule has 1 amide bonds. The van der Waals surface area contributed by atoms with E-state index in [9.17, 15) is 9.59 Å². The van der Waals surface area contributed by atoms with E-state index in [4.69, 9.17) is 14.6 Å². The third-order valence-electron chi connectivity index (χ3n) is 3.73. The molecular weight excluding hydrogens is 312 g/mol. The van der Waals surface area contributed by atoms with Gasteiger partial charge in [0.25, 0.3) is 5.91 Å². The summed E-state index contributed by atoms with van der Waals surface area (Å²) in [5.41, 5.74) is 1.40. The predicted octanol–water partition coefficient (Wildman–Crippen LogP) is 1.46. The summed E-state index contributed by atoms with van der Waals surface area (Å²) in [6.07, 6.45) is 1.76. The average Bonchev–Trinajstić information content (AvgIpc) is 2.94. The van der Waals surface area contributed by atoms with Crippen molar-refractivity contribution in [2.75, 3.05) is 40.5 Å². The van der Waals surface area contributed by atoms with Crippen molar-refractivity contribution in [3.8, 4) is 0 Å². The Morgan fingerprint density at radius 3 is 2.54 bits per heavy atom. The van der Waals surface area contributed by atoms with E-state index in [1.54, 1.807) is 13.3 Å². The number of amides is 1. The van der Waals surface area contributed by atoms with Crippen molar-refractivity contribution in [1.29, 1.82) is 0 Å². The first-order valence-corrected chi connectivity index (χ1v) is 7.65. The first-order valence-electron chi connectivity index (χ1n) is 7.65. The Hall–Kier alpha value is -2.38. The van der Waals surface area contributed by atoms with Crippen molar-refractivity contribution >= 4 is 22.8 Å². The van der Waals surface area contributed by atoms with Crippen LogP contribution in [0.3, 0.4) is 0 Å². The number of fused-ring (bicyclic) bond motifs is 1. The molecular formula is C17H22N2O5. The van der Waals surface area contributed by atoms with Crippen LogP contribution in [0.2, 0.25) is 0 Å². The number of hydrogen-bond acceptors (Lipinski definition) is 4. The zero-order valence-corrected chi connectivity index (χ0v) is 13.9. The van der Waals surface area contributed by atoms with Crippen molar-refractivity contribution in [2.24, 2.45) is 0 Å². The van der Waals surface area contributed by atoms with Gasteiger partial charge in [-0.1, -0.05) is 18.2 Å². The summed E-state index contributed by atoms with van der Waals surface area (Å²) in [7, 11) is 3.14. The fraction of sp³-hybridized carbons (Fsp3) is 0.412. The fourth-order valence-electron chi connectivity index (χ4n) is 2.58. The van der Waals surface area contributed by atoms with Gasteiger partial charge in [-0.25, -0.2) is 0 Å². The molecule has 0 radical (unpaired) electrons. The summed E-state index contributed by atoms with van der Waals surface area (Å²) in [4.78, 5) is 25.2. The van der Waals surface area contributed by atoms with Crippen molar-refractivity contribution in [3.05, 3.63) is 36.0 Å². The molecule has 0 aliphatic carbocycles. The zero-order chi connectivity index (χ0) is 17.5. The van der Waals surface area contributed by atoms with Gasteiger partial charge in [-0.3, -0.25) is 9.59 Å². The van der Waals surface area contributed by atoms with Gasteiger partial charge in [0.1, 0.15) is 6.54 Å². The highest BCUT2D eigenvalue weighted by Gasteiger charge is 2.22. The third kappa shape index (κ3) is 4.12. The Morgan fingerprint density at radius 2 is 1.88 bits per heavy atom. The van der Waals surface area contributed by atoms with E-state index in [1.165, 1.54) is 12.0 Å². The number of aromatic nitrogens is 1. The van der Waals surface area contributed by atoms with Gasteiger partial charge in [0.05, 0.1) is 18.8 Å². The van der Waals surface area contributed by atoms with E-state index in [0.717, 1.165) is 10.9 Å². The second-order valence-electron chi connectivity index (χ2n) is 5.36. The molecule has 0 atom stereocenters. The molecule has 0 fully saturated rings. The van der Waals surface area contributed by atoms with Crippen molar-refractivity contribution in [1.82, 2.24) is 9.47 Å². The second-order valence-corrected chi connectivity index (χ2v) is 5.36. The molecule has 7 nitrogen and oxygen atoms in total. The highest BCUT2D eigenvalue weighted by Crippen LogP contribution is 2.22. The van der Waals surface area contributed by atoms with E-state index < -0.39 is 5.97 Å². The van der Waals surface area contributed by atoms with Crippen LogP contribution in [0.5, 0.6) is 0 Å². The van der Waals surface area contributed by atoms with Gasteiger partial charge in [0, 0.05) is 44.4 Å². The smallest absolute Gasteiger partial charge is 0.323 e. The van der Waals surface area contributed by atoms with Crippen LogP contribution in [-0.4, -0.2) is 67.0 Å². The summed E-state index contributed by atoms with van der Waals surface area (Å²) >= 11 is 0. The molecule has 1 N–H and O–H groups in total. The number of aliphatic carboxylic acids is 1. The molecule has 130 valence electrons. The highest BCUT2D eigenvalue weighted by atomic mass is 16.5. The maximum atomic E-state index is 12.8. The van der Waals surface area contributed by atoms with E-state index in [1.807, 2.05) is 28.8 Å². The lowest BCUT2D eigenvalue weighted by molar-refractivity contribution is -0.137. The van der Waals surface area contributed by atoms with Gasteiger partial charge >= 0.3 is 5.97 Å². The molecule has 0 unspecified atom stereocenters. The molecule has 0 aliphatic heterocycles. The summed E-state index contributed by atoms with van der Waals surface area (Å²) in [5.74, 6) is -1.37. The number of rotatable bonds is 9. The number of hydrogen-bond donors (Lipinski definition) is 1. The maximum Gasteiger partial charge on any atom is 0.323 e. The standard InChI is InChI=1S/C17H22N2O5/c1-23-9-7-18-11-14(13-5-3-4-6-15(13)18)17(22)19(8-10-24-2)12-16(20)21/h3-6,11H,7-10,12H2,1-2H3,(H,20,21). The predicted molar refractivity (Wildman–Crippen MR) is 89.2 cm³/mol. The van der Waals surface area contributed by atoms with Gasteiger partial charge in [-0.2, -0.15) is 0 Å². The molecule has 1 aromatic carbocycles. The number of ether oxygens (including phenoxy) is 2. The third-order valence-corrected chi connectivity index (χ3v) is 3.73. The van der Waals surface area contributed by atoms with Crippen LogP contribution in [0.4, 0.5) is 0 Å². The average molecular weight is 334 g/mol. The molecule has 0 spiro atoms. The van der Waals surface area contributed by atoms with E-state index in [-0.39, 0.29) is 25.6 Å². The van der Waals surface area contributed by atoms with Crippen molar-refractivity contribution in [2.45, 2.75) is 6.54 Å². The lowest BCUT2D eigenvalue weighted by atomic mass is 10.1. The number of para-hydroxylation sites is 1. The van der Waals surface area contributed by atoms with Crippen LogP contribution in [0.25, 0.3) is 10.9 Å². The van der Waals surface area contributed by atoms with Crippen LogP contribution in [0, 0.1) is 0 Å². The minimum Gasteiger partial charge on any atom is -0.480 e. The minimum absolute atomic E-state index is 0.221. The number of benzene rings is 1. The Balaban J connectivity index is 2.37. The lowest BCUT2D eigenvalue weighted by Gasteiger charge is -2.19. The fourth-order valence-corrected chi connectivity index (χ4v) is 2.58. The van der Waals surface area contributed by atoms with E-state index in [0.29, 0.717) is 18.7 Å². The molecule has 2 aromatic rings. The topological polar surface area (TPSA) is 81.0 Å². The summed E-state index contributed by atoms with van der Waals surface area (Å²) in [6.45, 7) is 1.27.